The molecule has 0 spiro atoms. The molecule has 66 valence electrons. The van der Waals surface area contributed by atoms with E-state index >= 15 is 0 Å². The van der Waals surface area contributed by atoms with Crippen LogP contribution in [0.15, 0.2) is 12.4 Å². The highest BCUT2D eigenvalue weighted by atomic mass is 16.5. The van der Waals surface area contributed by atoms with Crippen molar-refractivity contribution < 1.29 is 4.74 Å². The van der Waals surface area contributed by atoms with Gasteiger partial charge in [0.25, 0.3) is 0 Å². The Morgan fingerprint density at radius 2 is 2.50 bits per heavy atom. The summed E-state index contributed by atoms with van der Waals surface area (Å²) in [5, 5.41) is 6.73. The summed E-state index contributed by atoms with van der Waals surface area (Å²) < 4.78 is 5.77. The largest absolute Gasteiger partial charge is 0.370 e. The predicted octanol–water partition coefficient (Wildman–Crippen LogP) is 2.04. The van der Waals surface area contributed by atoms with Crippen molar-refractivity contribution in [2.45, 2.75) is 38.4 Å². The Morgan fingerprint density at radius 1 is 1.58 bits per heavy atom. The van der Waals surface area contributed by atoms with Crippen molar-refractivity contribution in [1.82, 2.24) is 10.2 Å². The molecular formula is C9H14N2O. The Morgan fingerprint density at radius 3 is 3.17 bits per heavy atom. The second kappa shape index (κ2) is 3.27. The lowest BCUT2D eigenvalue weighted by molar-refractivity contribution is -0.0414. The molecule has 1 aliphatic heterocycles. The van der Waals surface area contributed by atoms with Gasteiger partial charge in [0.2, 0.25) is 0 Å². The number of nitrogens with zero attached hydrogens (tertiary/aromatic N) is 1. The maximum atomic E-state index is 5.77. The van der Waals surface area contributed by atoms with Crippen LogP contribution in [0.3, 0.4) is 0 Å². The lowest BCUT2D eigenvalue weighted by atomic mass is 10.0. The molecule has 1 saturated heterocycles. The first kappa shape index (κ1) is 7.80. The third kappa shape index (κ3) is 1.50. The fourth-order valence-corrected chi connectivity index (χ4v) is 1.69. The zero-order chi connectivity index (χ0) is 8.39. The van der Waals surface area contributed by atoms with E-state index in [1.807, 2.05) is 12.4 Å². The molecule has 0 aromatic carbocycles. The quantitative estimate of drug-likeness (QED) is 0.693. The first-order valence-corrected chi connectivity index (χ1v) is 4.50. The van der Waals surface area contributed by atoms with Gasteiger partial charge in [-0.1, -0.05) is 0 Å². The maximum absolute atomic E-state index is 5.77. The third-order valence-corrected chi connectivity index (χ3v) is 2.36. The topological polar surface area (TPSA) is 37.9 Å². The van der Waals surface area contributed by atoms with Gasteiger partial charge in [0.1, 0.15) is 0 Å². The molecule has 2 atom stereocenters. The molecular weight excluding hydrogens is 152 g/mol. The molecule has 0 bridgehead atoms. The summed E-state index contributed by atoms with van der Waals surface area (Å²) >= 11 is 0. The van der Waals surface area contributed by atoms with E-state index in [0.717, 1.165) is 6.42 Å². The minimum absolute atomic E-state index is 0.271. The fraction of sp³-hybridized carbons (Fsp3) is 0.667. The minimum atomic E-state index is 0.271. The molecule has 2 rings (SSSR count). The first-order valence-electron chi connectivity index (χ1n) is 4.50. The van der Waals surface area contributed by atoms with Crippen molar-refractivity contribution in [3.63, 3.8) is 0 Å². The van der Waals surface area contributed by atoms with Crippen molar-refractivity contribution in [3.8, 4) is 0 Å². The Labute approximate surface area is 72.1 Å². The normalized spacial score (nSPS) is 30.4. The van der Waals surface area contributed by atoms with Gasteiger partial charge in [0.05, 0.1) is 18.4 Å². The van der Waals surface area contributed by atoms with Gasteiger partial charge >= 0.3 is 0 Å². The average molecular weight is 166 g/mol. The third-order valence-electron chi connectivity index (χ3n) is 2.36. The minimum Gasteiger partial charge on any atom is -0.370 e. The number of nitrogens with one attached hydrogen (secondary N) is 1. The summed E-state index contributed by atoms with van der Waals surface area (Å²) in [7, 11) is 0. The highest BCUT2D eigenvalue weighted by molar-refractivity contribution is 5.07. The SMILES string of the molecule is CC1CCCC(c2cn[nH]c2)O1. The molecule has 3 nitrogen and oxygen atoms in total. The van der Waals surface area contributed by atoms with E-state index in [-0.39, 0.29) is 6.10 Å². The van der Waals surface area contributed by atoms with Gasteiger partial charge < -0.3 is 4.74 Å². The van der Waals surface area contributed by atoms with E-state index in [2.05, 4.69) is 17.1 Å². The Bertz CT molecular complexity index is 233. The van der Waals surface area contributed by atoms with Crippen molar-refractivity contribution in [2.75, 3.05) is 0 Å². The van der Waals surface area contributed by atoms with Crippen molar-refractivity contribution in [2.24, 2.45) is 0 Å². The molecule has 1 fully saturated rings. The molecule has 2 heterocycles. The van der Waals surface area contributed by atoms with Crippen LogP contribution in [-0.4, -0.2) is 16.3 Å². The fourth-order valence-electron chi connectivity index (χ4n) is 1.69. The molecule has 3 heteroatoms. The Balaban J connectivity index is 2.04. The van der Waals surface area contributed by atoms with Crippen molar-refractivity contribution in [3.05, 3.63) is 18.0 Å². The second-order valence-electron chi connectivity index (χ2n) is 3.40. The van der Waals surface area contributed by atoms with E-state index in [9.17, 15) is 0 Å². The van der Waals surface area contributed by atoms with E-state index in [4.69, 9.17) is 4.74 Å². The summed E-state index contributed by atoms with van der Waals surface area (Å²) in [4.78, 5) is 0. The zero-order valence-corrected chi connectivity index (χ0v) is 7.29. The number of rotatable bonds is 1. The Kier molecular flexibility index (Phi) is 2.13. The van der Waals surface area contributed by atoms with Crippen LogP contribution in [0.2, 0.25) is 0 Å². The molecule has 0 aliphatic carbocycles. The molecule has 1 aromatic heterocycles. The molecule has 0 amide bonds. The van der Waals surface area contributed by atoms with Gasteiger partial charge in [-0.25, -0.2) is 0 Å². The smallest absolute Gasteiger partial charge is 0.0858 e. The molecule has 1 aliphatic rings. The zero-order valence-electron chi connectivity index (χ0n) is 7.29. The molecule has 12 heavy (non-hydrogen) atoms. The van der Waals surface area contributed by atoms with E-state index in [1.54, 1.807) is 0 Å². The lowest BCUT2D eigenvalue weighted by Crippen LogP contribution is -2.18. The summed E-state index contributed by atoms with van der Waals surface area (Å²) in [6.45, 7) is 2.13. The highest BCUT2D eigenvalue weighted by Crippen LogP contribution is 2.29. The highest BCUT2D eigenvalue weighted by Gasteiger charge is 2.20. The van der Waals surface area contributed by atoms with Crippen LogP contribution in [-0.2, 0) is 4.74 Å². The van der Waals surface area contributed by atoms with Gasteiger partial charge in [0.15, 0.2) is 0 Å². The van der Waals surface area contributed by atoms with Gasteiger partial charge in [0, 0.05) is 11.8 Å². The van der Waals surface area contributed by atoms with Crippen LogP contribution in [0, 0.1) is 0 Å². The van der Waals surface area contributed by atoms with Gasteiger partial charge in [-0.3, -0.25) is 5.10 Å². The van der Waals surface area contributed by atoms with Crippen LogP contribution in [0.25, 0.3) is 0 Å². The van der Waals surface area contributed by atoms with Gasteiger partial charge in [-0.2, -0.15) is 5.10 Å². The standard InChI is InChI=1S/C9H14N2O/c1-7-3-2-4-9(12-7)8-5-10-11-6-8/h5-7,9H,2-4H2,1H3,(H,10,11). The Hall–Kier alpha value is -0.830. The van der Waals surface area contributed by atoms with E-state index < -0.39 is 0 Å². The van der Waals surface area contributed by atoms with E-state index in [1.165, 1.54) is 18.4 Å². The number of aromatic nitrogens is 2. The van der Waals surface area contributed by atoms with Crippen LogP contribution in [0.1, 0.15) is 37.9 Å². The average Bonchev–Trinajstić information content (AvgIpc) is 2.56. The van der Waals surface area contributed by atoms with Crippen LogP contribution in [0.5, 0.6) is 0 Å². The van der Waals surface area contributed by atoms with E-state index in [0.29, 0.717) is 6.10 Å². The van der Waals surface area contributed by atoms with Crippen molar-refractivity contribution >= 4 is 0 Å². The summed E-state index contributed by atoms with van der Waals surface area (Å²) in [5.41, 5.74) is 1.18. The van der Waals surface area contributed by atoms with Gasteiger partial charge in [-0.15, -0.1) is 0 Å². The molecule has 1 aromatic rings. The number of ether oxygens (including phenoxy) is 1. The number of aromatic amines is 1. The molecule has 0 radical (unpaired) electrons. The molecule has 0 saturated carbocycles. The number of hydrogen-bond donors (Lipinski definition) is 1. The molecule has 2 unspecified atom stereocenters. The predicted molar refractivity (Wildman–Crippen MR) is 45.7 cm³/mol. The lowest BCUT2D eigenvalue weighted by Gasteiger charge is -2.26. The van der Waals surface area contributed by atoms with Crippen LogP contribution in [0.4, 0.5) is 0 Å². The summed E-state index contributed by atoms with van der Waals surface area (Å²) in [6.07, 6.45) is 8.02. The maximum Gasteiger partial charge on any atom is 0.0858 e. The first-order chi connectivity index (χ1) is 5.86. The summed E-state index contributed by atoms with van der Waals surface area (Å²) in [5.74, 6) is 0. The number of H-pyrrole nitrogens is 1. The molecule has 1 N–H and O–H groups in total. The number of hydrogen-bond acceptors (Lipinski definition) is 2. The van der Waals surface area contributed by atoms with Gasteiger partial charge in [-0.05, 0) is 26.2 Å². The second-order valence-corrected chi connectivity index (χ2v) is 3.40. The van der Waals surface area contributed by atoms with Crippen LogP contribution < -0.4 is 0 Å². The van der Waals surface area contributed by atoms with Crippen LogP contribution >= 0.6 is 0 Å². The van der Waals surface area contributed by atoms with Crippen molar-refractivity contribution in [1.29, 1.82) is 0 Å². The summed E-state index contributed by atoms with van der Waals surface area (Å²) in [6, 6.07) is 0. The monoisotopic (exact) mass is 166 g/mol.